The zero-order chi connectivity index (χ0) is 17.9. The van der Waals surface area contributed by atoms with Crippen molar-refractivity contribution < 1.29 is 9.18 Å². The van der Waals surface area contributed by atoms with E-state index in [1.807, 2.05) is 25.8 Å². The number of nitrogens with zero attached hydrogens (tertiary/aromatic N) is 2. The van der Waals surface area contributed by atoms with Gasteiger partial charge in [-0.1, -0.05) is 13.8 Å². The Bertz CT molecular complexity index is 709. The van der Waals surface area contributed by atoms with Gasteiger partial charge in [0, 0.05) is 24.5 Å². The van der Waals surface area contributed by atoms with Gasteiger partial charge in [-0.3, -0.25) is 9.89 Å². The maximum Gasteiger partial charge on any atom is 0.276 e. The zero-order valence-corrected chi connectivity index (χ0v) is 14.9. The fraction of sp³-hybridized carbons (Fsp3) is 0.444. The molecule has 2 rings (SSSR count). The third-order valence-electron chi connectivity index (χ3n) is 3.85. The maximum absolute atomic E-state index is 14.2. The molecular formula is C18H25FN4O. The van der Waals surface area contributed by atoms with E-state index in [1.54, 1.807) is 18.2 Å². The number of benzene rings is 1. The predicted octanol–water partition coefficient (Wildman–Crippen LogP) is 3.84. The molecule has 6 heteroatoms. The highest BCUT2D eigenvalue weighted by molar-refractivity contribution is 6.03. The van der Waals surface area contributed by atoms with Crippen molar-refractivity contribution in [2.75, 3.05) is 17.3 Å². The highest BCUT2D eigenvalue weighted by atomic mass is 19.1. The van der Waals surface area contributed by atoms with Crippen molar-refractivity contribution in [2.45, 2.75) is 40.2 Å². The van der Waals surface area contributed by atoms with Gasteiger partial charge in [0.05, 0.1) is 5.69 Å². The van der Waals surface area contributed by atoms with Crippen LogP contribution >= 0.6 is 0 Å². The minimum atomic E-state index is -0.369. The summed E-state index contributed by atoms with van der Waals surface area (Å²) in [7, 11) is 1.83. The molecule has 2 aromatic rings. The van der Waals surface area contributed by atoms with E-state index in [-0.39, 0.29) is 17.8 Å². The molecule has 1 aromatic heterocycles. The van der Waals surface area contributed by atoms with Crippen LogP contribution in [0, 0.1) is 11.7 Å². The smallest absolute Gasteiger partial charge is 0.276 e. The number of nitrogens with one attached hydrogen (secondary N) is 2. The molecule has 1 aromatic carbocycles. The topological polar surface area (TPSA) is 61.0 Å². The molecule has 0 bridgehead atoms. The van der Waals surface area contributed by atoms with Crippen LogP contribution in [0.4, 0.5) is 15.8 Å². The summed E-state index contributed by atoms with van der Waals surface area (Å²) in [6.07, 6.45) is 0.825. The summed E-state index contributed by atoms with van der Waals surface area (Å²) in [5.41, 5.74) is 2.12. The van der Waals surface area contributed by atoms with Gasteiger partial charge in [-0.2, -0.15) is 5.10 Å². The first kappa shape index (κ1) is 18.0. The Balaban J connectivity index is 2.09. The third kappa shape index (κ3) is 4.34. The molecular weight excluding hydrogens is 307 g/mol. The van der Waals surface area contributed by atoms with Gasteiger partial charge in [-0.05, 0) is 50.5 Å². The van der Waals surface area contributed by atoms with Crippen molar-refractivity contribution in [3.05, 3.63) is 41.5 Å². The fourth-order valence-corrected chi connectivity index (χ4v) is 2.37. The van der Waals surface area contributed by atoms with E-state index < -0.39 is 0 Å². The third-order valence-corrected chi connectivity index (χ3v) is 3.85. The maximum atomic E-state index is 14.2. The molecule has 130 valence electrons. The van der Waals surface area contributed by atoms with Crippen LogP contribution < -0.4 is 10.2 Å². The fourth-order valence-electron chi connectivity index (χ4n) is 2.37. The van der Waals surface area contributed by atoms with Crippen molar-refractivity contribution in [1.82, 2.24) is 10.2 Å². The molecule has 2 N–H and O–H groups in total. The van der Waals surface area contributed by atoms with Crippen LogP contribution in [0.15, 0.2) is 24.3 Å². The molecule has 0 aliphatic carbocycles. The summed E-state index contributed by atoms with van der Waals surface area (Å²) in [4.78, 5) is 14.1. The van der Waals surface area contributed by atoms with Gasteiger partial charge in [0.2, 0.25) is 0 Å². The van der Waals surface area contributed by atoms with Gasteiger partial charge in [0.25, 0.3) is 5.91 Å². The van der Waals surface area contributed by atoms with Crippen molar-refractivity contribution in [3.63, 3.8) is 0 Å². The molecule has 0 saturated heterocycles. The van der Waals surface area contributed by atoms with E-state index in [4.69, 9.17) is 0 Å². The van der Waals surface area contributed by atoms with Gasteiger partial charge in [0.1, 0.15) is 5.82 Å². The summed E-state index contributed by atoms with van der Waals surface area (Å²) in [5.74, 6) is -0.252. The molecule has 0 spiro atoms. The summed E-state index contributed by atoms with van der Waals surface area (Å²) < 4.78 is 14.2. The molecule has 0 aliphatic heterocycles. The van der Waals surface area contributed by atoms with E-state index in [9.17, 15) is 9.18 Å². The van der Waals surface area contributed by atoms with Crippen LogP contribution in [-0.2, 0) is 6.42 Å². The Hall–Kier alpha value is -2.37. The lowest BCUT2D eigenvalue weighted by atomic mass is 10.1. The largest absolute Gasteiger partial charge is 0.370 e. The first-order chi connectivity index (χ1) is 11.3. The summed E-state index contributed by atoms with van der Waals surface area (Å²) in [5, 5.41) is 9.56. The molecule has 0 atom stereocenters. The zero-order valence-electron chi connectivity index (χ0n) is 14.9. The summed E-state index contributed by atoms with van der Waals surface area (Å²) in [6.45, 7) is 8.17. The van der Waals surface area contributed by atoms with E-state index >= 15 is 0 Å². The number of rotatable bonds is 6. The number of anilines is 2. The van der Waals surface area contributed by atoms with E-state index in [1.165, 1.54) is 6.07 Å². The minimum absolute atomic E-state index is 0.184. The van der Waals surface area contributed by atoms with Crippen molar-refractivity contribution >= 4 is 17.3 Å². The van der Waals surface area contributed by atoms with E-state index in [2.05, 4.69) is 29.4 Å². The number of carbonyl (C=O) groups excluding carboxylic acids is 1. The van der Waals surface area contributed by atoms with Crippen LogP contribution in [0.1, 0.15) is 43.9 Å². The second-order valence-electron chi connectivity index (χ2n) is 6.70. The molecule has 1 heterocycles. The van der Waals surface area contributed by atoms with Gasteiger partial charge in [0.15, 0.2) is 5.69 Å². The molecule has 0 unspecified atom stereocenters. The van der Waals surface area contributed by atoms with E-state index in [0.717, 1.165) is 12.1 Å². The number of halogens is 1. The SMILES string of the molecule is CC(C)Cc1cc(C(=O)Nc2ccc(N(C)C(C)C)c(F)c2)n[nH]1. The highest BCUT2D eigenvalue weighted by Gasteiger charge is 2.14. The van der Waals surface area contributed by atoms with Gasteiger partial charge in [-0.15, -0.1) is 0 Å². The minimum Gasteiger partial charge on any atom is -0.370 e. The Morgan fingerprint density at radius 3 is 2.58 bits per heavy atom. The molecule has 24 heavy (non-hydrogen) atoms. The first-order valence-electron chi connectivity index (χ1n) is 8.16. The lowest BCUT2D eigenvalue weighted by Gasteiger charge is -2.24. The predicted molar refractivity (Wildman–Crippen MR) is 95.0 cm³/mol. The second kappa shape index (κ2) is 7.47. The van der Waals surface area contributed by atoms with Gasteiger partial charge >= 0.3 is 0 Å². The van der Waals surface area contributed by atoms with E-state index in [0.29, 0.717) is 23.0 Å². The Morgan fingerprint density at radius 2 is 2.00 bits per heavy atom. The number of H-pyrrole nitrogens is 1. The van der Waals surface area contributed by atoms with Crippen molar-refractivity contribution in [3.8, 4) is 0 Å². The molecule has 5 nitrogen and oxygen atoms in total. The first-order valence-corrected chi connectivity index (χ1v) is 8.16. The number of hydrogen-bond donors (Lipinski definition) is 2. The average molecular weight is 332 g/mol. The highest BCUT2D eigenvalue weighted by Crippen LogP contribution is 2.23. The lowest BCUT2D eigenvalue weighted by molar-refractivity contribution is 0.102. The molecule has 0 saturated carbocycles. The number of aromatic nitrogens is 2. The quantitative estimate of drug-likeness (QED) is 0.845. The Kier molecular flexibility index (Phi) is 5.59. The van der Waals surface area contributed by atoms with Crippen molar-refractivity contribution in [1.29, 1.82) is 0 Å². The Labute approximate surface area is 142 Å². The molecule has 0 radical (unpaired) electrons. The monoisotopic (exact) mass is 332 g/mol. The number of carbonyl (C=O) groups is 1. The van der Waals surface area contributed by atoms with Crippen LogP contribution in [-0.4, -0.2) is 29.2 Å². The van der Waals surface area contributed by atoms with Crippen LogP contribution in [0.25, 0.3) is 0 Å². The van der Waals surface area contributed by atoms with Gasteiger partial charge < -0.3 is 10.2 Å². The number of aromatic amines is 1. The van der Waals surface area contributed by atoms with Crippen LogP contribution in [0.5, 0.6) is 0 Å². The summed E-state index contributed by atoms with van der Waals surface area (Å²) in [6, 6.07) is 6.60. The lowest BCUT2D eigenvalue weighted by Crippen LogP contribution is -2.26. The normalized spacial score (nSPS) is 11.2. The average Bonchev–Trinajstić information content (AvgIpc) is 2.94. The van der Waals surface area contributed by atoms with Crippen molar-refractivity contribution in [2.24, 2.45) is 5.92 Å². The van der Waals surface area contributed by atoms with Crippen LogP contribution in [0.2, 0.25) is 0 Å². The molecule has 1 amide bonds. The van der Waals surface area contributed by atoms with Gasteiger partial charge in [-0.25, -0.2) is 4.39 Å². The second-order valence-corrected chi connectivity index (χ2v) is 6.70. The summed E-state index contributed by atoms with van der Waals surface area (Å²) >= 11 is 0. The number of amides is 1. The molecule has 0 fully saturated rings. The number of hydrogen-bond acceptors (Lipinski definition) is 3. The molecule has 0 aliphatic rings. The van der Waals surface area contributed by atoms with Crippen LogP contribution in [0.3, 0.4) is 0 Å². The standard InChI is InChI=1S/C18H25FN4O/c1-11(2)8-14-10-16(22-21-14)18(24)20-13-6-7-17(15(19)9-13)23(5)12(3)4/h6-7,9-12H,8H2,1-5H3,(H,20,24)(H,21,22). The Morgan fingerprint density at radius 1 is 1.29 bits per heavy atom.